The summed E-state index contributed by atoms with van der Waals surface area (Å²) in [7, 11) is -14.8. The summed E-state index contributed by atoms with van der Waals surface area (Å²) in [6.07, 6.45) is 0. The average molecular weight is 613 g/mol. The summed E-state index contributed by atoms with van der Waals surface area (Å²) in [5, 5.41) is 0. The molecule has 0 spiro atoms. The smallest absolute Gasteiger partial charge is 0.213 e. The lowest BCUT2D eigenvalue weighted by Crippen LogP contribution is -2.69. The van der Waals surface area contributed by atoms with Gasteiger partial charge in [-0.1, -0.05) is 119 Å². The van der Waals surface area contributed by atoms with Crippen molar-refractivity contribution in [2.45, 2.75) is 156 Å². The molecular weight excluding hydrogens is 553 g/mol. The van der Waals surface area contributed by atoms with Gasteiger partial charge in [0.2, 0.25) is 16.6 Å². The first kappa shape index (κ1) is 34.9. The molecule has 0 bridgehead atoms. The fraction of sp³-hybridized carbons (Fsp3) is 0.923. The number of hydrogen-bond acceptors (Lipinski definition) is 4. The largest absolute Gasteiger partial charge is 0.338 e. The van der Waals surface area contributed by atoms with Crippen molar-refractivity contribution in [1.29, 1.82) is 0 Å². The normalized spacial score (nSPS) is 23.8. The van der Waals surface area contributed by atoms with Crippen molar-refractivity contribution in [2.75, 3.05) is 0 Å². The minimum Gasteiger partial charge on any atom is -0.338 e. The lowest BCUT2D eigenvalue weighted by molar-refractivity contribution is 0.543. The van der Waals surface area contributed by atoms with E-state index in [2.05, 4.69) is 83.1 Å². The third-order valence-electron chi connectivity index (χ3n) is 10.4. The van der Waals surface area contributed by atoms with Crippen LogP contribution in [0.2, 0.25) is 72.5 Å². The molecule has 0 aromatic carbocycles. The summed E-state index contributed by atoms with van der Waals surface area (Å²) in [6.45, 7) is 26.7. The first-order chi connectivity index (χ1) is 16.9. The molecule has 36 heavy (non-hydrogen) atoms. The number of rotatable bonds is 18. The van der Waals surface area contributed by atoms with Gasteiger partial charge in [-0.25, -0.2) is 8.42 Å². The van der Waals surface area contributed by atoms with Gasteiger partial charge in [-0.15, -0.1) is 0 Å². The Morgan fingerprint density at radius 3 is 0.750 bits per heavy atom. The highest BCUT2D eigenvalue weighted by Crippen LogP contribution is 2.45. The second-order valence-corrected chi connectivity index (χ2v) is 37.2. The Morgan fingerprint density at radius 2 is 0.611 bits per heavy atom. The van der Waals surface area contributed by atoms with Crippen LogP contribution in [0.4, 0.5) is 0 Å². The molecule has 0 N–H and O–H groups in total. The minimum atomic E-state index is -2.92. The molecule has 0 unspecified atom stereocenters. The van der Waals surface area contributed by atoms with E-state index in [0.29, 0.717) is 0 Å². The third kappa shape index (κ3) is 5.54. The summed E-state index contributed by atoms with van der Waals surface area (Å²) >= 11 is 0. The lowest BCUT2D eigenvalue weighted by atomic mass is 10.9. The van der Waals surface area contributed by atoms with Crippen LogP contribution < -0.4 is 0 Å². The van der Waals surface area contributed by atoms with Crippen molar-refractivity contribution in [1.82, 2.24) is 0 Å². The molecule has 1 heterocycles. The molecule has 0 fully saturated rings. The summed E-state index contributed by atoms with van der Waals surface area (Å²) in [5.74, 6) is 0. The predicted molar refractivity (Wildman–Crippen MR) is 177 cm³/mol. The maximum Gasteiger partial charge on any atom is 0.213 e. The summed E-state index contributed by atoms with van der Waals surface area (Å²) in [4.78, 5) is 0. The average Bonchev–Trinajstić information content (AvgIpc) is 2.92. The second-order valence-electron chi connectivity index (χ2n) is 10.9. The van der Waals surface area contributed by atoms with Crippen molar-refractivity contribution in [3.8, 4) is 0 Å². The van der Waals surface area contributed by atoms with E-state index in [9.17, 15) is 0 Å². The van der Waals surface area contributed by atoms with Crippen molar-refractivity contribution < 1.29 is 16.2 Å². The highest BCUT2D eigenvalue weighted by molar-refractivity contribution is 8.53. The Labute approximate surface area is 230 Å². The SMILES string of the molecule is CC[Si](CC)(CC)OS1(=O)=C([Si](CC)(CC)CC)S(=O)(O[Si](CC)(CC)CC)=C1[Si](CC)(CC)CC. The van der Waals surface area contributed by atoms with E-state index < -0.39 is 52.4 Å². The van der Waals surface area contributed by atoms with Crippen molar-refractivity contribution >= 4 is 60.0 Å². The minimum absolute atomic E-state index is 0.844. The monoisotopic (exact) mass is 612 g/mol. The maximum atomic E-state index is 15.8. The van der Waals surface area contributed by atoms with Crippen LogP contribution in [0.1, 0.15) is 83.1 Å². The second kappa shape index (κ2) is 13.5. The van der Waals surface area contributed by atoms with E-state index >= 15 is 8.42 Å². The first-order valence-corrected chi connectivity index (χ1v) is 28.4. The van der Waals surface area contributed by atoms with E-state index in [1.54, 1.807) is 0 Å². The van der Waals surface area contributed by atoms with E-state index in [-0.39, 0.29) is 0 Å². The standard InChI is InChI=1S/C26H60O4S2Si4/c1-13-33(14-2,15-3)25-31(27,29-35(19-7,20-8)21-9)26(34(16-4,17-5)18-6)32(25,28)30-36(22-10,23-11)24-12/h13-24H2,1-12H3. The maximum absolute atomic E-state index is 15.8. The van der Waals surface area contributed by atoms with E-state index in [0.717, 1.165) is 80.2 Å². The fourth-order valence-corrected chi connectivity index (χ4v) is 45.0. The quantitative estimate of drug-likeness (QED) is 0.115. The van der Waals surface area contributed by atoms with Gasteiger partial charge in [0.15, 0.2) is 0 Å². The van der Waals surface area contributed by atoms with Gasteiger partial charge in [-0.05, 0) is 36.3 Å². The van der Waals surface area contributed by atoms with Crippen molar-refractivity contribution in [3.05, 3.63) is 0 Å². The van der Waals surface area contributed by atoms with E-state index in [1.807, 2.05) is 0 Å². The van der Waals surface area contributed by atoms with Gasteiger partial charge in [0, 0.05) is 0 Å². The fourth-order valence-electron chi connectivity index (χ4n) is 6.43. The molecule has 0 saturated heterocycles. The molecular formula is C26H60O4S2Si4. The van der Waals surface area contributed by atoms with E-state index in [4.69, 9.17) is 7.74 Å². The zero-order chi connectivity index (χ0) is 28.1. The molecule has 0 aromatic heterocycles. The van der Waals surface area contributed by atoms with Crippen molar-refractivity contribution in [3.63, 3.8) is 0 Å². The van der Waals surface area contributed by atoms with E-state index in [1.165, 1.54) is 0 Å². The molecule has 1 aliphatic rings. The highest BCUT2D eigenvalue weighted by atomic mass is 32.3. The van der Waals surface area contributed by atoms with Crippen LogP contribution in [0.3, 0.4) is 0 Å². The summed E-state index contributed by atoms with van der Waals surface area (Å²) in [5.41, 5.74) is 0. The first-order valence-electron chi connectivity index (χ1n) is 15.1. The van der Waals surface area contributed by atoms with Gasteiger partial charge in [0.1, 0.15) is 35.8 Å². The van der Waals surface area contributed by atoms with Gasteiger partial charge in [-0.2, -0.15) is 0 Å². The Morgan fingerprint density at radius 1 is 0.417 bits per heavy atom. The van der Waals surface area contributed by atoms with Crippen LogP contribution in [0, 0.1) is 0 Å². The summed E-state index contributed by atoms with van der Waals surface area (Å²) in [6, 6.07) is 11.5. The van der Waals surface area contributed by atoms with Gasteiger partial charge in [-0.3, -0.25) is 0 Å². The topological polar surface area (TPSA) is 52.6 Å². The molecule has 10 heteroatoms. The molecule has 0 aliphatic carbocycles. The molecule has 0 aromatic rings. The van der Waals surface area contributed by atoms with Crippen LogP contribution in [0.15, 0.2) is 0 Å². The number of hydrogen-bond donors (Lipinski definition) is 0. The zero-order valence-electron chi connectivity index (χ0n) is 25.9. The van der Waals surface area contributed by atoms with Crippen LogP contribution in [0.25, 0.3) is 0 Å². The molecule has 0 saturated carbocycles. The molecule has 0 amide bonds. The third-order valence-corrected chi connectivity index (χ3v) is 45.7. The van der Waals surface area contributed by atoms with Gasteiger partial charge in [0.05, 0.1) is 7.64 Å². The van der Waals surface area contributed by atoms with Crippen LogP contribution in [-0.2, 0) is 27.3 Å². The predicted octanol–water partition coefficient (Wildman–Crippen LogP) is 8.80. The zero-order valence-corrected chi connectivity index (χ0v) is 31.6. The van der Waals surface area contributed by atoms with Crippen LogP contribution >= 0.6 is 0 Å². The van der Waals surface area contributed by atoms with Gasteiger partial charge >= 0.3 is 0 Å². The molecule has 0 radical (unpaired) electrons. The van der Waals surface area contributed by atoms with Gasteiger partial charge in [0.25, 0.3) is 0 Å². The molecule has 1 aliphatic heterocycles. The van der Waals surface area contributed by atoms with Crippen LogP contribution in [0.5, 0.6) is 0 Å². The Balaban J connectivity index is 4.39. The molecule has 0 atom stereocenters. The molecule has 216 valence electrons. The Kier molecular flexibility index (Phi) is 13.0. The lowest BCUT2D eigenvalue weighted by Gasteiger charge is -2.51. The molecule has 4 nitrogen and oxygen atoms in total. The Hall–Kier alpha value is 0.828. The summed E-state index contributed by atoms with van der Waals surface area (Å²) < 4.78 is 47.6. The van der Waals surface area contributed by atoms with Gasteiger partial charge < -0.3 is 7.74 Å². The van der Waals surface area contributed by atoms with Crippen LogP contribution in [-0.4, -0.2) is 48.8 Å². The highest BCUT2D eigenvalue weighted by Gasteiger charge is 2.61. The molecule has 1 rings (SSSR count). The van der Waals surface area contributed by atoms with Crippen molar-refractivity contribution in [2.24, 2.45) is 0 Å². The Bertz CT molecular complexity index is 829.